The van der Waals surface area contributed by atoms with Crippen molar-refractivity contribution in [1.29, 1.82) is 0 Å². The van der Waals surface area contributed by atoms with E-state index in [2.05, 4.69) is 26.1 Å². The van der Waals surface area contributed by atoms with Gasteiger partial charge in [0.15, 0.2) is 0 Å². The van der Waals surface area contributed by atoms with Gasteiger partial charge in [0.1, 0.15) is 5.82 Å². The number of nitrogens with one attached hydrogen (secondary N) is 1. The van der Waals surface area contributed by atoms with Gasteiger partial charge in [-0.25, -0.2) is 4.39 Å². The zero-order chi connectivity index (χ0) is 14.8. The van der Waals surface area contributed by atoms with Gasteiger partial charge >= 0.3 is 0 Å². The number of hydrogen-bond acceptors (Lipinski definition) is 1. The van der Waals surface area contributed by atoms with Crippen molar-refractivity contribution in [2.45, 2.75) is 58.9 Å². The van der Waals surface area contributed by atoms with Crippen LogP contribution in [0.15, 0.2) is 18.2 Å². The van der Waals surface area contributed by atoms with Crippen LogP contribution in [0, 0.1) is 17.2 Å². The minimum absolute atomic E-state index is 0.238. The molecule has 1 aromatic rings. The van der Waals surface area contributed by atoms with Crippen LogP contribution in [-0.2, 0) is 0 Å². The van der Waals surface area contributed by atoms with Gasteiger partial charge in [0, 0.05) is 6.04 Å². The van der Waals surface area contributed by atoms with Gasteiger partial charge in [-0.3, -0.25) is 0 Å². The van der Waals surface area contributed by atoms with Crippen LogP contribution >= 0.6 is 11.6 Å². The zero-order valence-electron chi connectivity index (χ0n) is 12.7. The van der Waals surface area contributed by atoms with E-state index in [4.69, 9.17) is 11.6 Å². The maximum atomic E-state index is 13.3. The summed E-state index contributed by atoms with van der Waals surface area (Å²) < 4.78 is 13.3. The number of benzene rings is 1. The summed E-state index contributed by atoms with van der Waals surface area (Å²) >= 11 is 6.13. The first-order valence-electron chi connectivity index (χ1n) is 7.58. The Balaban J connectivity index is 1.99. The predicted molar refractivity (Wildman–Crippen MR) is 84.9 cm³/mol. The largest absolute Gasteiger partial charge is 0.381 e. The third kappa shape index (κ3) is 4.12. The molecule has 2 rings (SSSR count). The summed E-state index contributed by atoms with van der Waals surface area (Å²) in [4.78, 5) is 0. The summed E-state index contributed by atoms with van der Waals surface area (Å²) in [5.74, 6) is 0.537. The third-order valence-corrected chi connectivity index (χ3v) is 4.81. The van der Waals surface area contributed by atoms with Crippen molar-refractivity contribution in [1.82, 2.24) is 0 Å². The van der Waals surface area contributed by atoms with E-state index in [1.54, 1.807) is 6.07 Å². The highest BCUT2D eigenvalue weighted by atomic mass is 35.5. The second-order valence-electron chi connectivity index (χ2n) is 7.04. The summed E-state index contributed by atoms with van der Waals surface area (Å²) in [7, 11) is 0. The molecular weight excluding hydrogens is 273 g/mol. The lowest BCUT2D eigenvalue weighted by Crippen LogP contribution is -2.21. The molecule has 0 spiro atoms. The Bertz CT molecular complexity index is 453. The molecule has 1 fully saturated rings. The third-order valence-electron chi connectivity index (χ3n) is 4.48. The Hall–Kier alpha value is -0.760. The first-order valence-corrected chi connectivity index (χ1v) is 7.95. The SMILES string of the molecule is CC(C)(C)C1CCCC(Nc2cc(F)ccc2Cl)CC1. The fourth-order valence-electron chi connectivity index (χ4n) is 3.14. The lowest BCUT2D eigenvalue weighted by molar-refractivity contribution is 0.214. The van der Waals surface area contributed by atoms with Crippen LogP contribution in [0.4, 0.5) is 10.1 Å². The zero-order valence-corrected chi connectivity index (χ0v) is 13.4. The average molecular weight is 298 g/mol. The van der Waals surface area contributed by atoms with Gasteiger partial charge in [0.2, 0.25) is 0 Å². The van der Waals surface area contributed by atoms with E-state index >= 15 is 0 Å². The number of anilines is 1. The lowest BCUT2D eigenvalue weighted by atomic mass is 9.76. The van der Waals surface area contributed by atoms with Gasteiger partial charge in [0.05, 0.1) is 10.7 Å². The van der Waals surface area contributed by atoms with Crippen LogP contribution in [0.3, 0.4) is 0 Å². The Morgan fingerprint density at radius 3 is 2.60 bits per heavy atom. The summed E-state index contributed by atoms with van der Waals surface area (Å²) in [5.41, 5.74) is 1.11. The fraction of sp³-hybridized carbons (Fsp3) is 0.647. The highest BCUT2D eigenvalue weighted by Crippen LogP contribution is 2.37. The fourth-order valence-corrected chi connectivity index (χ4v) is 3.31. The minimum atomic E-state index is -0.238. The van der Waals surface area contributed by atoms with Crippen molar-refractivity contribution in [3.05, 3.63) is 29.0 Å². The molecular formula is C17H25ClFN. The van der Waals surface area contributed by atoms with Crippen LogP contribution in [-0.4, -0.2) is 6.04 Å². The summed E-state index contributed by atoms with van der Waals surface area (Å²) in [6, 6.07) is 4.92. The maximum absolute atomic E-state index is 13.3. The van der Waals surface area contributed by atoms with E-state index in [1.807, 2.05) is 0 Å². The van der Waals surface area contributed by atoms with Gasteiger partial charge < -0.3 is 5.32 Å². The number of rotatable bonds is 2. The Kier molecular flexibility index (Phi) is 4.95. The second kappa shape index (κ2) is 6.34. The number of hydrogen-bond donors (Lipinski definition) is 1. The van der Waals surface area contributed by atoms with E-state index < -0.39 is 0 Å². The molecule has 1 nitrogen and oxygen atoms in total. The van der Waals surface area contributed by atoms with Crippen molar-refractivity contribution in [2.24, 2.45) is 11.3 Å². The highest BCUT2D eigenvalue weighted by Gasteiger charge is 2.27. The van der Waals surface area contributed by atoms with Gasteiger partial charge in [-0.2, -0.15) is 0 Å². The quantitative estimate of drug-likeness (QED) is 0.672. The molecule has 20 heavy (non-hydrogen) atoms. The van der Waals surface area contributed by atoms with E-state index in [9.17, 15) is 4.39 Å². The standard InChI is InChI=1S/C17H25ClFN/c1-17(2,3)12-5-4-6-14(9-7-12)20-16-11-13(19)8-10-15(16)18/h8,10-12,14,20H,4-7,9H2,1-3H3. The normalized spacial score (nSPS) is 24.2. The Morgan fingerprint density at radius 1 is 1.15 bits per heavy atom. The van der Waals surface area contributed by atoms with Crippen LogP contribution in [0.2, 0.25) is 5.02 Å². The first kappa shape index (κ1) is 15.6. The molecule has 1 N–H and O–H groups in total. The van der Waals surface area contributed by atoms with E-state index in [-0.39, 0.29) is 5.82 Å². The van der Waals surface area contributed by atoms with Crippen LogP contribution in [0.5, 0.6) is 0 Å². The van der Waals surface area contributed by atoms with E-state index in [0.29, 0.717) is 16.5 Å². The molecule has 1 aliphatic carbocycles. The van der Waals surface area contributed by atoms with Gasteiger partial charge in [-0.15, -0.1) is 0 Å². The van der Waals surface area contributed by atoms with Crippen LogP contribution in [0.1, 0.15) is 52.9 Å². The second-order valence-corrected chi connectivity index (χ2v) is 7.44. The molecule has 1 aliphatic rings. The molecule has 0 amide bonds. The van der Waals surface area contributed by atoms with Gasteiger partial charge in [0.25, 0.3) is 0 Å². The van der Waals surface area contributed by atoms with Gasteiger partial charge in [-0.1, -0.05) is 38.8 Å². The van der Waals surface area contributed by atoms with Crippen molar-refractivity contribution >= 4 is 17.3 Å². The smallest absolute Gasteiger partial charge is 0.125 e. The molecule has 1 aromatic carbocycles. The van der Waals surface area contributed by atoms with Gasteiger partial charge in [-0.05, 0) is 55.2 Å². The summed E-state index contributed by atoms with van der Waals surface area (Å²) in [6.07, 6.45) is 6.02. The topological polar surface area (TPSA) is 12.0 Å². The highest BCUT2D eigenvalue weighted by molar-refractivity contribution is 6.33. The molecule has 0 bridgehead atoms. The van der Waals surface area contributed by atoms with E-state index in [1.165, 1.54) is 31.4 Å². The molecule has 0 saturated heterocycles. The molecule has 1 saturated carbocycles. The van der Waals surface area contributed by atoms with Crippen molar-refractivity contribution in [3.8, 4) is 0 Å². The molecule has 2 atom stereocenters. The van der Waals surface area contributed by atoms with Crippen molar-refractivity contribution < 1.29 is 4.39 Å². The minimum Gasteiger partial charge on any atom is -0.381 e. The number of halogens is 2. The van der Waals surface area contributed by atoms with Crippen LogP contribution in [0.25, 0.3) is 0 Å². The molecule has 0 aliphatic heterocycles. The lowest BCUT2D eigenvalue weighted by Gasteiger charge is -2.29. The summed E-state index contributed by atoms with van der Waals surface area (Å²) in [5, 5.41) is 4.03. The summed E-state index contributed by atoms with van der Waals surface area (Å²) in [6.45, 7) is 6.98. The van der Waals surface area contributed by atoms with Crippen LogP contribution < -0.4 is 5.32 Å². The molecule has 0 heterocycles. The van der Waals surface area contributed by atoms with E-state index in [0.717, 1.165) is 24.4 Å². The van der Waals surface area contributed by atoms with Crippen molar-refractivity contribution in [2.75, 3.05) is 5.32 Å². The Morgan fingerprint density at radius 2 is 1.90 bits per heavy atom. The van der Waals surface area contributed by atoms with Crippen molar-refractivity contribution in [3.63, 3.8) is 0 Å². The molecule has 112 valence electrons. The average Bonchev–Trinajstić information content (AvgIpc) is 2.59. The predicted octanol–water partition coefficient (Wildman–Crippen LogP) is 5.89. The molecule has 0 radical (unpaired) electrons. The maximum Gasteiger partial charge on any atom is 0.125 e. The Labute approximate surface area is 126 Å². The molecule has 2 unspecified atom stereocenters. The first-order chi connectivity index (χ1) is 9.36. The molecule has 3 heteroatoms. The monoisotopic (exact) mass is 297 g/mol. The molecule has 0 aromatic heterocycles.